The Kier molecular flexibility index (Phi) is 5.34. The van der Waals surface area contributed by atoms with Gasteiger partial charge in [-0.15, -0.1) is 10.8 Å². The molecular formula is C19H30N4O5S. The zero-order valence-electron chi connectivity index (χ0n) is 15.9. The summed E-state index contributed by atoms with van der Waals surface area (Å²) < 4.78 is 28.9. The van der Waals surface area contributed by atoms with E-state index >= 15 is 0 Å². The number of amides is 2. The third kappa shape index (κ3) is 4.78. The lowest BCUT2D eigenvalue weighted by atomic mass is 9.87. The van der Waals surface area contributed by atoms with Gasteiger partial charge in [0.25, 0.3) is 5.91 Å². The monoisotopic (exact) mass is 426 g/mol. The van der Waals surface area contributed by atoms with Crippen LogP contribution in [0.25, 0.3) is 0 Å². The number of anilines is 1. The maximum atomic E-state index is 12.2. The summed E-state index contributed by atoms with van der Waals surface area (Å²) in [5.41, 5.74) is 0.868. The molecule has 0 radical (unpaired) electrons. The Labute approximate surface area is 174 Å². The van der Waals surface area contributed by atoms with Crippen LogP contribution in [-0.4, -0.2) is 38.2 Å². The van der Waals surface area contributed by atoms with Crippen LogP contribution in [0, 0.1) is 0 Å². The molecule has 0 atom stereocenters. The number of nitrogens with zero attached hydrogens (tertiary/aromatic N) is 1. The van der Waals surface area contributed by atoms with Crippen molar-refractivity contribution in [3.8, 4) is 0 Å². The standard InChI is InChI=1S/C19H24N4O5S.3H2/c1-11(24)20-13-4-6-16(7-5-13)29(26,27)23-15-8-14(9-15)21-19(25)17-10-18(28-22-17)12-2-3-12;;;/h4-7,10,12,14-15,23,26-27H,2-3,8-9H2,1H3,(H,20,24)(H,21,25);3*1H. The van der Waals surface area contributed by atoms with Crippen LogP contribution in [0.15, 0.2) is 39.8 Å². The predicted molar refractivity (Wildman–Crippen MR) is 114 cm³/mol. The number of carbonyl (C=O) groups excluding carboxylic acids is 2. The Bertz CT molecular complexity index is 918. The summed E-state index contributed by atoms with van der Waals surface area (Å²) in [6, 6.07) is 7.87. The second-order valence-corrected chi connectivity index (χ2v) is 9.40. The largest absolute Gasteiger partial charge is 0.360 e. The first kappa shape index (κ1) is 19.9. The maximum absolute atomic E-state index is 12.2. The number of carbonyl (C=O) groups is 2. The van der Waals surface area contributed by atoms with E-state index in [9.17, 15) is 18.7 Å². The lowest BCUT2D eigenvalue weighted by Crippen LogP contribution is -2.52. The van der Waals surface area contributed by atoms with Crippen LogP contribution in [0.2, 0.25) is 0 Å². The first-order valence-electron chi connectivity index (χ1n) is 9.51. The Morgan fingerprint density at radius 2 is 1.86 bits per heavy atom. The van der Waals surface area contributed by atoms with Gasteiger partial charge >= 0.3 is 0 Å². The van der Waals surface area contributed by atoms with E-state index in [-0.39, 0.29) is 33.9 Å². The molecule has 0 spiro atoms. The Morgan fingerprint density at radius 1 is 1.17 bits per heavy atom. The molecule has 2 amide bonds. The average molecular weight is 427 g/mol. The molecule has 0 saturated heterocycles. The summed E-state index contributed by atoms with van der Waals surface area (Å²) >= 11 is 0. The minimum Gasteiger partial charge on any atom is -0.360 e. The van der Waals surface area contributed by atoms with E-state index in [4.69, 9.17) is 4.52 Å². The lowest BCUT2D eigenvalue weighted by molar-refractivity contribution is -0.114. The van der Waals surface area contributed by atoms with Crippen LogP contribution >= 0.6 is 10.8 Å². The Hall–Kier alpha value is -2.40. The van der Waals surface area contributed by atoms with E-state index in [1.54, 1.807) is 30.3 Å². The predicted octanol–water partition coefficient (Wildman–Crippen LogP) is 3.82. The Morgan fingerprint density at radius 3 is 2.48 bits per heavy atom. The Balaban J connectivity index is 0.00000171. The van der Waals surface area contributed by atoms with Crippen LogP contribution in [0.3, 0.4) is 0 Å². The number of aromatic nitrogens is 1. The van der Waals surface area contributed by atoms with Crippen LogP contribution in [0.1, 0.15) is 59.1 Å². The van der Waals surface area contributed by atoms with Crippen LogP contribution < -0.4 is 15.4 Å². The summed E-state index contributed by atoms with van der Waals surface area (Å²) in [6.45, 7) is 1.41. The third-order valence-corrected chi connectivity index (χ3v) is 6.64. The third-order valence-electron chi connectivity index (χ3n) is 5.05. The SMILES string of the molecule is CC(=O)Nc1ccc(S(O)(O)NC2CC(NC(=O)c3cc(C4CC4)on3)C2)cc1.[HH].[HH].[HH]. The van der Waals surface area contributed by atoms with E-state index in [2.05, 4.69) is 20.5 Å². The van der Waals surface area contributed by atoms with E-state index in [0.29, 0.717) is 29.3 Å². The minimum atomic E-state index is -3.17. The number of benzene rings is 1. The molecule has 2 saturated carbocycles. The second-order valence-electron chi connectivity index (χ2n) is 7.60. The number of hydrogen-bond donors (Lipinski definition) is 5. The van der Waals surface area contributed by atoms with E-state index < -0.39 is 10.8 Å². The van der Waals surface area contributed by atoms with Crippen molar-refractivity contribution >= 4 is 28.3 Å². The van der Waals surface area contributed by atoms with Crippen molar-refractivity contribution in [3.63, 3.8) is 0 Å². The van der Waals surface area contributed by atoms with Gasteiger partial charge in [-0.1, -0.05) is 5.16 Å². The molecule has 9 nitrogen and oxygen atoms in total. The van der Waals surface area contributed by atoms with Gasteiger partial charge in [0.2, 0.25) is 5.91 Å². The van der Waals surface area contributed by atoms with Crippen molar-refractivity contribution in [2.24, 2.45) is 0 Å². The molecule has 1 aromatic heterocycles. The van der Waals surface area contributed by atoms with Crippen molar-refractivity contribution in [3.05, 3.63) is 41.8 Å². The summed E-state index contributed by atoms with van der Waals surface area (Å²) in [4.78, 5) is 23.7. The quantitative estimate of drug-likeness (QED) is 0.454. The summed E-state index contributed by atoms with van der Waals surface area (Å²) in [5, 5.41) is 9.35. The number of nitrogens with one attached hydrogen (secondary N) is 3. The van der Waals surface area contributed by atoms with Gasteiger partial charge in [0.05, 0.1) is 4.90 Å². The first-order chi connectivity index (χ1) is 13.8. The van der Waals surface area contributed by atoms with E-state index in [1.807, 2.05) is 0 Å². The molecule has 0 unspecified atom stereocenters. The molecule has 0 bridgehead atoms. The van der Waals surface area contributed by atoms with Crippen molar-refractivity contribution < 1.29 is 27.5 Å². The van der Waals surface area contributed by atoms with Gasteiger partial charge in [-0.3, -0.25) is 18.7 Å². The van der Waals surface area contributed by atoms with Gasteiger partial charge in [0, 0.05) is 41.0 Å². The molecular weight excluding hydrogens is 396 g/mol. The molecule has 4 rings (SSSR count). The van der Waals surface area contributed by atoms with Crippen LogP contribution in [0.4, 0.5) is 5.69 Å². The minimum absolute atomic E-state index is 0. The molecule has 2 aromatic rings. The van der Waals surface area contributed by atoms with Crippen LogP contribution in [-0.2, 0) is 4.79 Å². The number of hydrogen-bond acceptors (Lipinski definition) is 7. The second kappa shape index (κ2) is 7.79. The van der Waals surface area contributed by atoms with Gasteiger partial charge in [-0.2, -0.15) is 0 Å². The molecule has 29 heavy (non-hydrogen) atoms. The average Bonchev–Trinajstić information content (AvgIpc) is 3.36. The molecule has 2 aliphatic carbocycles. The zero-order chi connectivity index (χ0) is 20.6. The van der Waals surface area contributed by atoms with E-state index in [1.165, 1.54) is 6.92 Å². The fourth-order valence-electron chi connectivity index (χ4n) is 3.28. The van der Waals surface area contributed by atoms with Gasteiger partial charge in [0.1, 0.15) is 5.76 Å². The highest BCUT2D eigenvalue weighted by atomic mass is 32.3. The maximum Gasteiger partial charge on any atom is 0.273 e. The van der Waals surface area contributed by atoms with Crippen molar-refractivity contribution in [2.45, 2.75) is 55.5 Å². The molecule has 162 valence electrons. The molecule has 5 N–H and O–H groups in total. The van der Waals surface area contributed by atoms with Crippen molar-refractivity contribution in [1.82, 2.24) is 15.2 Å². The summed E-state index contributed by atoms with van der Waals surface area (Å²) in [7, 11) is -3.17. The molecule has 10 heteroatoms. The number of rotatable bonds is 7. The molecule has 2 aliphatic rings. The van der Waals surface area contributed by atoms with Gasteiger partial charge < -0.3 is 15.2 Å². The zero-order valence-corrected chi connectivity index (χ0v) is 16.7. The van der Waals surface area contributed by atoms with Crippen molar-refractivity contribution in [2.75, 3.05) is 5.32 Å². The highest BCUT2D eigenvalue weighted by Crippen LogP contribution is 2.46. The highest BCUT2D eigenvalue weighted by molar-refractivity contribution is 8.22. The van der Waals surface area contributed by atoms with Crippen molar-refractivity contribution in [1.29, 1.82) is 0 Å². The summed E-state index contributed by atoms with van der Waals surface area (Å²) in [6.07, 6.45) is 3.32. The topological polar surface area (TPSA) is 137 Å². The highest BCUT2D eigenvalue weighted by Gasteiger charge is 2.35. The molecule has 0 aliphatic heterocycles. The molecule has 1 aromatic carbocycles. The smallest absolute Gasteiger partial charge is 0.273 e. The van der Waals surface area contributed by atoms with Gasteiger partial charge in [-0.05, 0) is 49.9 Å². The first-order valence-corrected chi connectivity index (χ1v) is 11.1. The molecule has 1 heterocycles. The normalized spacial score (nSPS) is 21.9. The lowest BCUT2D eigenvalue weighted by Gasteiger charge is -2.43. The van der Waals surface area contributed by atoms with E-state index in [0.717, 1.165) is 18.6 Å². The molecule has 2 fully saturated rings. The van der Waals surface area contributed by atoms with Gasteiger partial charge in [-0.25, -0.2) is 4.72 Å². The van der Waals surface area contributed by atoms with Gasteiger partial charge in [0.15, 0.2) is 5.69 Å². The fourth-order valence-corrected chi connectivity index (χ4v) is 4.59. The van der Waals surface area contributed by atoms with Crippen LogP contribution in [0.5, 0.6) is 0 Å². The fraction of sp³-hybridized carbons (Fsp3) is 0.421. The summed E-state index contributed by atoms with van der Waals surface area (Å²) in [5.74, 6) is 0.698.